The molecular weight excluding hydrogens is 180 g/mol. The molecule has 1 nitrogen and oxygen atoms in total. The van der Waals surface area contributed by atoms with Gasteiger partial charge in [0.25, 0.3) is 0 Å². The number of allylic oxidation sites excluding steroid dienone is 1. The zero-order valence-electron chi connectivity index (χ0n) is 5.19. The van der Waals surface area contributed by atoms with Crippen LogP contribution in [0.4, 0.5) is 0 Å². The summed E-state index contributed by atoms with van der Waals surface area (Å²) in [6, 6.07) is 0. The number of carbonyl (C=O) groups excluding carboxylic acids is 1. The topological polar surface area (TPSA) is 17.1 Å². The van der Waals surface area contributed by atoms with Gasteiger partial charge in [-0.15, -0.1) is 0 Å². The van der Waals surface area contributed by atoms with Gasteiger partial charge in [-0.25, -0.2) is 0 Å². The Morgan fingerprint density at radius 3 is 2.67 bits per heavy atom. The molecule has 0 aromatic heterocycles. The molecule has 1 aliphatic rings. The molecule has 0 heterocycles. The van der Waals surface area contributed by atoms with Crippen LogP contribution in [0.1, 0.15) is 19.3 Å². The van der Waals surface area contributed by atoms with Gasteiger partial charge in [-0.05, 0) is 17.3 Å². The fraction of sp³-hybridized carbons (Fsp3) is 0.571. The van der Waals surface area contributed by atoms with Crippen LogP contribution in [-0.4, -0.2) is 5.78 Å². The van der Waals surface area contributed by atoms with Crippen LogP contribution in [0.25, 0.3) is 0 Å². The van der Waals surface area contributed by atoms with Crippen molar-refractivity contribution in [2.75, 3.05) is 0 Å². The van der Waals surface area contributed by atoms with Crippen LogP contribution in [0.2, 0.25) is 0 Å². The number of Topliss-reactive ketones (excluding diaryl/α,β-unsaturated/α-hetero) is 1. The van der Waals surface area contributed by atoms with E-state index in [1.165, 1.54) is 0 Å². The molecule has 1 rings (SSSR count). The van der Waals surface area contributed by atoms with Crippen molar-refractivity contribution in [3.63, 3.8) is 0 Å². The van der Waals surface area contributed by atoms with Gasteiger partial charge in [-0.1, -0.05) is 22.5 Å². The van der Waals surface area contributed by atoms with Crippen LogP contribution in [0.5, 0.6) is 0 Å². The number of rotatable bonds is 1. The highest BCUT2D eigenvalue weighted by Gasteiger charge is 2.25. The second-order valence-electron chi connectivity index (χ2n) is 2.36. The molecule has 1 fully saturated rings. The van der Waals surface area contributed by atoms with Gasteiger partial charge >= 0.3 is 0 Å². The van der Waals surface area contributed by atoms with E-state index in [0.29, 0.717) is 5.78 Å². The van der Waals surface area contributed by atoms with Crippen LogP contribution in [-0.2, 0) is 4.79 Å². The molecule has 0 aliphatic heterocycles. The van der Waals surface area contributed by atoms with Gasteiger partial charge in [0.05, 0.1) is 0 Å². The van der Waals surface area contributed by atoms with E-state index in [4.69, 9.17) is 0 Å². The lowest BCUT2D eigenvalue weighted by Gasteiger charge is -2.01. The third-order valence-electron chi connectivity index (χ3n) is 1.68. The zero-order valence-corrected chi connectivity index (χ0v) is 6.78. The first kappa shape index (κ1) is 7.00. The molecule has 0 aromatic rings. The van der Waals surface area contributed by atoms with Crippen molar-refractivity contribution < 1.29 is 4.79 Å². The van der Waals surface area contributed by atoms with E-state index in [9.17, 15) is 4.79 Å². The van der Waals surface area contributed by atoms with Gasteiger partial charge in [-0.2, -0.15) is 0 Å². The molecule has 0 saturated heterocycles. The molecule has 1 atom stereocenters. The SMILES string of the molecule is C=C(Br)C1CCCC1=O. The Hall–Kier alpha value is -0.110. The number of carbonyl (C=O) groups is 1. The molecule has 0 amide bonds. The van der Waals surface area contributed by atoms with Crippen molar-refractivity contribution in [1.29, 1.82) is 0 Å². The maximum absolute atomic E-state index is 10.9. The third kappa shape index (κ3) is 1.42. The highest BCUT2D eigenvalue weighted by molar-refractivity contribution is 9.11. The van der Waals surface area contributed by atoms with Gasteiger partial charge in [0, 0.05) is 12.3 Å². The van der Waals surface area contributed by atoms with Crippen LogP contribution >= 0.6 is 15.9 Å². The van der Waals surface area contributed by atoms with Gasteiger partial charge < -0.3 is 0 Å². The Balaban J connectivity index is 2.60. The van der Waals surface area contributed by atoms with Crippen LogP contribution < -0.4 is 0 Å². The average Bonchev–Trinajstić information content (AvgIpc) is 2.13. The van der Waals surface area contributed by atoms with Crippen LogP contribution in [0, 0.1) is 5.92 Å². The maximum atomic E-state index is 10.9. The first-order valence-corrected chi connectivity index (χ1v) is 3.88. The summed E-state index contributed by atoms with van der Waals surface area (Å²) >= 11 is 3.23. The second kappa shape index (κ2) is 2.65. The largest absolute Gasteiger partial charge is 0.299 e. The van der Waals surface area contributed by atoms with Crippen molar-refractivity contribution in [3.8, 4) is 0 Å². The summed E-state index contributed by atoms with van der Waals surface area (Å²) in [5, 5.41) is 0. The van der Waals surface area contributed by atoms with Crippen LogP contribution in [0.3, 0.4) is 0 Å². The Bertz CT molecular complexity index is 151. The monoisotopic (exact) mass is 188 g/mol. The average molecular weight is 189 g/mol. The van der Waals surface area contributed by atoms with Crippen molar-refractivity contribution in [2.45, 2.75) is 19.3 Å². The van der Waals surface area contributed by atoms with Crippen molar-refractivity contribution >= 4 is 21.7 Å². The molecule has 9 heavy (non-hydrogen) atoms. The first-order chi connectivity index (χ1) is 4.22. The minimum absolute atomic E-state index is 0.116. The van der Waals surface area contributed by atoms with E-state index < -0.39 is 0 Å². The number of halogens is 1. The number of hydrogen-bond donors (Lipinski definition) is 0. The van der Waals surface area contributed by atoms with E-state index in [0.717, 1.165) is 23.7 Å². The van der Waals surface area contributed by atoms with Crippen molar-refractivity contribution in [3.05, 3.63) is 11.1 Å². The maximum Gasteiger partial charge on any atom is 0.140 e. The molecule has 0 radical (unpaired) electrons. The Kier molecular flexibility index (Phi) is 2.06. The Labute approximate surface area is 63.3 Å². The van der Waals surface area contributed by atoms with E-state index >= 15 is 0 Å². The van der Waals surface area contributed by atoms with Gasteiger partial charge in [0.1, 0.15) is 5.78 Å². The molecule has 1 unspecified atom stereocenters. The smallest absolute Gasteiger partial charge is 0.140 e. The first-order valence-electron chi connectivity index (χ1n) is 3.09. The predicted octanol–water partition coefficient (Wildman–Crippen LogP) is 2.26. The summed E-state index contributed by atoms with van der Waals surface area (Å²) in [5.74, 6) is 0.460. The summed E-state index contributed by atoms with van der Waals surface area (Å²) in [6.45, 7) is 3.68. The predicted molar refractivity (Wildman–Crippen MR) is 40.4 cm³/mol. The molecule has 1 aliphatic carbocycles. The van der Waals surface area contributed by atoms with E-state index in [1.807, 2.05) is 0 Å². The normalized spacial score (nSPS) is 26.8. The molecule has 0 spiro atoms. The second-order valence-corrected chi connectivity index (χ2v) is 3.38. The standard InChI is InChI=1S/C7H9BrO/c1-5(8)6-3-2-4-7(6)9/h6H,1-4H2. The molecule has 0 bridgehead atoms. The summed E-state index contributed by atoms with van der Waals surface area (Å²) in [4.78, 5) is 10.9. The van der Waals surface area contributed by atoms with Gasteiger partial charge in [-0.3, -0.25) is 4.79 Å². The summed E-state index contributed by atoms with van der Waals surface area (Å²) in [6.07, 6.45) is 2.77. The lowest BCUT2D eigenvalue weighted by molar-refractivity contribution is -0.119. The molecule has 2 heteroatoms. The molecular formula is C7H9BrO. The fourth-order valence-electron chi connectivity index (χ4n) is 1.15. The minimum Gasteiger partial charge on any atom is -0.299 e. The zero-order chi connectivity index (χ0) is 6.85. The lowest BCUT2D eigenvalue weighted by atomic mass is 10.1. The summed E-state index contributed by atoms with van der Waals surface area (Å²) in [7, 11) is 0. The molecule has 50 valence electrons. The highest BCUT2D eigenvalue weighted by Crippen LogP contribution is 2.29. The number of ketones is 1. The molecule has 0 aromatic carbocycles. The third-order valence-corrected chi connectivity index (χ3v) is 2.24. The van der Waals surface area contributed by atoms with E-state index in [1.54, 1.807) is 0 Å². The minimum atomic E-state index is 0.116. The Morgan fingerprint density at radius 1 is 1.78 bits per heavy atom. The van der Waals surface area contributed by atoms with Gasteiger partial charge in [0.2, 0.25) is 0 Å². The molecule has 0 N–H and O–H groups in total. The quantitative estimate of drug-likeness (QED) is 0.618. The van der Waals surface area contributed by atoms with Crippen molar-refractivity contribution in [2.24, 2.45) is 5.92 Å². The van der Waals surface area contributed by atoms with Crippen LogP contribution in [0.15, 0.2) is 11.1 Å². The van der Waals surface area contributed by atoms with Gasteiger partial charge in [0.15, 0.2) is 0 Å². The number of hydrogen-bond acceptors (Lipinski definition) is 1. The van der Waals surface area contributed by atoms with E-state index in [-0.39, 0.29) is 5.92 Å². The van der Waals surface area contributed by atoms with E-state index in [2.05, 4.69) is 22.5 Å². The lowest BCUT2D eigenvalue weighted by Crippen LogP contribution is -2.04. The Morgan fingerprint density at radius 2 is 2.44 bits per heavy atom. The summed E-state index contributed by atoms with van der Waals surface area (Å²) in [5.41, 5.74) is 0. The summed E-state index contributed by atoms with van der Waals surface area (Å²) < 4.78 is 0.852. The highest BCUT2D eigenvalue weighted by atomic mass is 79.9. The van der Waals surface area contributed by atoms with Crippen molar-refractivity contribution in [1.82, 2.24) is 0 Å². The fourth-order valence-corrected chi connectivity index (χ4v) is 1.63. The molecule has 1 saturated carbocycles.